The van der Waals surface area contributed by atoms with E-state index in [9.17, 15) is 9.59 Å². The van der Waals surface area contributed by atoms with E-state index in [-0.39, 0.29) is 11.8 Å². The van der Waals surface area contributed by atoms with E-state index in [2.05, 4.69) is 5.32 Å². The molecule has 0 aliphatic rings. The van der Waals surface area contributed by atoms with Crippen LogP contribution in [0.3, 0.4) is 0 Å². The third-order valence-electron chi connectivity index (χ3n) is 2.66. The summed E-state index contributed by atoms with van der Waals surface area (Å²) in [6.07, 6.45) is 1.57. The second-order valence-corrected chi connectivity index (χ2v) is 3.94. The molecule has 0 saturated carbocycles. The standard InChI is InChI=1S/C10H21N3O2/c1-3-10(2,7-11)9(15)13-6-4-5-8(12)14/h3-7,11H2,1-2H3,(H2,12,14)(H,13,15). The van der Waals surface area contributed by atoms with Gasteiger partial charge in [0.2, 0.25) is 11.8 Å². The maximum atomic E-state index is 11.7. The lowest BCUT2D eigenvalue weighted by Crippen LogP contribution is -2.43. The number of rotatable bonds is 7. The molecule has 1 unspecified atom stereocenters. The molecular weight excluding hydrogens is 194 g/mol. The number of carbonyl (C=O) groups excluding carboxylic acids is 2. The minimum absolute atomic E-state index is 0.0584. The van der Waals surface area contributed by atoms with Gasteiger partial charge in [-0.05, 0) is 19.8 Å². The molecule has 0 heterocycles. The van der Waals surface area contributed by atoms with Crippen LogP contribution in [0.4, 0.5) is 0 Å². The fourth-order valence-corrected chi connectivity index (χ4v) is 1.08. The lowest BCUT2D eigenvalue weighted by molar-refractivity contribution is -0.130. The molecule has 0 aromatic rings. The minimum atomic E-state index is -0.507. The van der Waals surface area contributed by atoms with E-state index < -0.39 is 5.41 Å². The summed E-state index contributed by atoms with van der Waals surface area (Å²) in [4.78, 5) is 22.1. The Kier molecular flexibility index (Phi) is 5.93. The van der Waals surface area contributed by atoms with Crippen LogP contribution in [0.15, 0.2) is 0 Å². The van der Waals surface area contributed by atoms with E-state index in [0.29, 0.717) is 32.4 Å². The predicted octanol–water partition coefficient (Wildman–Crippen LogP) is -0.257. The Morgan fingerprint density at radius 3 is 2.40 bits per heavy atom. The normalized spacial score (nSPS) is 14.3. The van der Waals surface area contributed by atoms with Crippen LogP contribution >= 0.6 is 0 Å². The van der Waals surface area contributed by atoms with Crippen molar-refractivity contribution in [3.8, 4) is 0 Å². The molecule has 88 valence electrons. The molecule has 0 aromatic heterocycles. The number of hydrogen-bond donors (Lipinski definition) is 3. The maximum Gasteiger partial charge on any atom is 0.227 e. The van der Waals surface area contributed by atoms with Gasteiger partial charge in [-0.2, -0.15) is 0 Å². The van der Waals surface area contributed by atoms with Gasteiger partial charge in [0.15, 0.2) is 0 Å². The van der Waals surface area contributed by atoms with E-state index in [0.717, 1.165) is 0 Å². The zero-order valence-corrected chi connectivity index (χ0v) is 9.51. The number of hydrogen-bond acceptors (Lipinski definition) is 3. The lowest BCUT2D eigenvalue weighted by atomic mass is 9.86. The first-order chi connectivity index (χ1) is 6.96. The predicted molar refractivity (Wildman–Crippen MR) is 58.9 cm³/mol. The van der Waals surface area contributed by atoms with Gasteiger partial charge in [0.05, 0.1) is 5.41 Å². The van der Waals surface area contributed by atoms with Crippen LogP contribution in [0.2, 0.25) is 0 Å². The maximum absolute atomic E-state index is 11.7. The molecule has 0 aromatic carbocycles. The van der Waals surface area contributed by atoms with Crippen molar-refractivity contribution in [1.82, 2.24) is 5.32 Å². The summed E-state index contributed by atoms with van der Waals surface area (Å²) < 4.78 is 0. The molecule has 5 heteroatoms. The van der Waals surface area contributed by atoms with Crippen LogP contribution in [0.25, 0.3) is 0 Å². The van der Waals surface area contributed by atoms with Crippen molar-refractivity contribution in [2.24, 2.45) is 16.9 Å². The molecule has 15 heavy (non-hydrogen) atoms. The summed E-state index contributed by atoms with van der Waals surface area (Å²) in [5, 5.41) is 2.75. The van der Waals surface area contributed by atoms with Crippen molar-refractivity contribution in [1.29, 1.82) is 0 Å². The number of carbonyl (C=O) groups is 2. The van der Waals surface area contributed by atoms with Crippen LogP contribution in [0, 0.1) is 5.41 Å². The summed E-state index contributed by atoms with van der Waals surface area (Å²) in [6, 6.07) is 0. The van der Waals surface area contributed by atoms with Gasteiger partial charge in [0.25, 0.3) is 0 Å². The molecule has 5 N–H and O–H groups in total. The Labute approximate surface area is 90.6 Å². The topological polar surface area (TPSA) is 98.2 Å². The number of nitrogens with two attached hydrogens (primary N) is 2. The average Bonchev–Trinajstić information content (AvgIpc) is 2.22. The van der Waals surface area contributed by atoms with Crippen molar-refractivity contribution in [3.05, 3.63) is 0 Å². The summed E-state index contributed by atoms with van der Waals surface area (Å²) >= 11 is 0. The zero-order chi connectivity index (χ0) is 11.9. The summed E-state index contributed by atoms with van der Waals surface area (Å²) in [6.45, 7) is 4.55. The van der Waals surface area contributed by atoms with E-state index in [1.807, 2.05) is 13.8 Å². The lowest BCUT2D eigenvalue weighted by Gasteiger charge is -2.24. The molecule has 2 amide bonds. The molecule has 1 atom stereocenters. The first kappa shape index (κ1) is 13.9. The van der Waals surface area contributed by atoms with Gasteiger partial charge in [0.1, 0.15) is 0 Å². The summed E-state index contributed by atoms with van der Waals surface area (Å²) in [5.74, 6) is -0.404. The Morgan fingerprint density at radius 1 is 1.40 bits per heavy atom. The first-order valence-corrected chi connectivity index (χ1v) is 5.23. The number of primary amides is 1. The van der Waals surface area contributed by atoms with Gasteiger partial charge in [-0.1, -0.05) is 6.92 Å². The Hall–Kier alpha value is -1.10. The van der Waals surface area contributed by atoms with Crippen molar-refractivity contribution < 1.29 is 9.59 Å². The molecular formula is C10H21N3O2. The molecule has 0 fully saturated rings. The van der Waals surface area contributed by atoms with Crippen LogP contribution < -0.4 is 16.8 Å². The average molecular weight is 215 g/mol. The Balaban J connectivity index is 3.87. The van der Waals surface area contributed by atoms with Gasteiger partial charge in [-0.3, -0.25) is 9.59 Å². The zero-order valence-electron chi connectivity index (χ0n) is 9.51. The molecule has 0 aliphatic carbocycles. The van der Waals surface area contributed by atoms with E-state index in [1.165, 1.54) is 0 Å². The SMILES string of the molecule is CCC(C)(CN)C(=O)NCCCC(N)=O. The first-order valence-electron chi connectivity index (χ1n) is 5.23. The highest BCUT2D eigenvalue weighted by molar-refractivity contribution is 5.82. The second-order valence-electron chi connectivity index (χ2n) is 3.94. The third kappa shape index (κ3) is 4.78. The van der Waals surface area contributed by atoms with Gasteiger partial charge in [-0.25, -0.2) is 0 Å². The minimum Gasteiger partial charge on any atom is -0.370 e. The highest BCUT2D eigenvalue weighted by Gasteiger charge is 2.28. The highest BCUT2D eigenvalue weighted by atomic mass is 16.2. The highest BCUT2D eigenvalue weighted by Crippen LogP contribution is 2.18. The van der Waals surface area contributed by atoms with Crippen LogP contribution in [0.1, 0.15) is 33.1 Å². The molecule has 0 rings (SSSR count). The molecule has 0 bridgehead atoms. The molecule has 0 spiro atoms. The Bertz CT molecular complexity index is 225. The monoisotopic (exact) mass is 215 g/mol. The van der Waals surface area contributed by atoms with Crippen molar-refractivity contribution in [3.63, 3.8) is 0 Å². The quantitative estimate of drug-likeness (QED) is 0.510. The Morgan fingerprint density at radius 2 is 2.00 bits per heavy atom. The van der Waals surface area contributed by atoms with Gasteiger partial charge >= 0.3 is 0 Å². The fraction of sp³-hybridized carbons (Fsp3) is 0.800. The van der Waals surface area contributed by atoms with Crippen LogP contribution in [0.5, 0.6) is 0 Å². The van der Waals surface area contributed by atoms with E-state index in [1.54, 1.807) is 0 Å². The van der Waals surface area contributed by atoms with Crippen molar-refractivity contribution in [2.75, 3.05) is 13.1 Å². The summed E-state index contributed by atoms with van der Waals surface area (Å²) in [7, 11) is 0. The van der Waals surface area contributed by atoms with Gasteiger partial charge < -0.3 is 16.8 Å². The second kappa shape index (κ2) is 6.40. The van der Waals surface area contributed by atoms with Gasteiger partial charge in [-0.15, -0.1) is 0 Å². The number of amides is 2. The summed E-state index contributed by atoms with van der Waals surface area (Å²) in [5.41, 5.74) is 10.0. The molecule has 0 saturated heterocycles. The van der Waals surface area contributed by atoms with Crippen LogP contribution in [-0.4, -0.2) is 24.9 Å². The van der Waals surface area contributed by atoms with Crippen molar-refractivity contribution >= 4 is 11.8 Å². The van der Waals surface area contributed by atoms with E-state index >= 15 is 0 Å². The van der Waals surface area contributed by atoms with E-state index in [4.69, 9.17) is 11.5 Å². The van der Waals surface area contributed by atoms with Crippen molar-refractivity contribution in [2.45, 2.75) is 33.1 Å². The smallest absolute Gasteiger partial charge is 0.227 e. The fourth-order valence-electron chi connectivity index (χ4n) is 1.08. The molecule has 0 aliphatic heterocycles. The molecule has 0 radical (unpaired) electrons. The van der Waals surface area contributed by atoms with Gasteiger partial charge in [0, 0.05) is 19.5 Å². The number of nitrogens with one attached hydrogen (secondary N) is 1. The largest absolute Gasteiger partial charge is 0.370 e. The molecule has 5 nitrogen and oxygen atoms in total. The third-order valence-corrected chi connectivity index (χ3v) is 2.66. The van der Waals surface area contributed by atoms with Crippen LogP contribution in [-0.2, 0) is 9.59 Å².